The number of fused-ring (bicyclic) bond motifs is 5. The third-order valence-electron chi connectivity index (χ3n) is 13.9. The van der Waals surface area contributed by atoms with E-state index < -0.39 is 5.60 Å². The number of rotatable bonds is 9. The molecule has 7 rings (SSSR count). The molecule has 4 saturated carbocycles. The van der Waals surface area contributed by atoms with Gasteiger partial charge in [-0.1, -0.05) is 38.8 Å². The summed E-state index contributed by atoms with van der Waals surface area (Å²) in [7, 11) is 0. The summed E-state index contributed by atoms with van der Waals surface area (Å²) in [4.78, 5) is 5.06. The molecule has 0 amide bonds. The predicted molar refractivity (Wildman–Crippen MR) is 169 cm³/mol. The van der Waals surface area contributed by atoms with E-state index in [0.717, 1.165) is 49.8 Å². The first-order valence-electron chi connectivity index (χ1n) is 18.0. The van der Waals surface area contributed by atoms with Crippen LogP contribution in [0.15, 0.2) is 18.2 Å². The minimum Gasteiger partial charge on any atom is -0.488 e. The molecule has 1 N–H and O–H groups in total. The van der Waals surface area contributed by atoms with Crippen molar-refractivity contribution in [3.8, 4) is 11.5 Å². The highest BCUT2D eigenvalue weighted by Crippen LogP contribution is 2.71. The van der Waals surface area contributed by atoms with Gasteiger partial charge in [-0.15, -0.1) is 0 Å². The lowest BCUT2D eigenvalue weighted by Gasteiger charge is -2.63. The van der Waals surface area contributed by atoms with Crippen molar-refractivity contribution >= 4 is 0 Å². The summed E-state index contributed by atoms with van der Waals surface area (Å²) >= 11 is 0. The first kappa shape index (κ1) is 29.4. The Balaban J connectivity index is 1.14. The van der Waals surface area contributed by atoms with E-state index in [9.17, 15) is 5.11 Å². The van der Waals surface area contributed by atoms with Gasteiger partial charge in [-0.3, -0.25) is 9.80 Å². The Morgan fingerprint density at radius 3 is 2.19 bits per heavy atom. The van der Waals surface area contributed by atoms with Crippen LogP contribution in [0.5, 0.6) is 11.5 Å². The highest BCUT2D eigenvalue weighted by atomic mass is 16.5. The number of likely N-dealkylation sites (tertiary alicyclic amines) is 2. The van der Waals surface area contributed by atoms with E-state index in [2.05, 4.69) is 41.8 Å². The van der Waals surface area contributed by atoms with Crippen molar-refractivity contribution in [3.05, 3.63) is 23.8 Å². The molecule has 6 fully saturated rings. The smallest absolute Gasteiger partial charge is 0.164 e. The van der Waals surface area contributed by atoms with Gasteiger partial charge in [0.2, 0.25) is 0 Å². The third kappa shape index (κ3) is 5.02. The quantitative estimate of drug-likeness (QED) is 0.334. The van der Waals surface area contributed by atoms with Gasteiger partial charge in [0.15, 0.2) is 11.5 Å². The van der Waals surface area contributed by atoms with Gasteiger partial charge in [0.25, 0.3) is 0 Å². The van der Waals surface area contributed by atoms with Crippen LogP contribution in [-0.4, -0.2) is 73.0 Å². The molecule has 1 aromatic carbocycles. The maximum Gasteiger partial charge on any atom is 0.164 e. The molecule has 2 aliphatic heterocycles. The zero-order valence-corrected chi connectivity index (χ0v) is 26.8. The minimum absolute atomic E-state index is 0.118. The van der Waals surface area contributed by atoms with Gasteiger partial charge >= 0.3 is 0 Å². The van der Waals surface area contributed by atoms with Crippen LogP contribution in [0.3, 0.4) is 0 Å². The first-order chi connectivity index (χ1) is 20.4. The van der Waals surface area contributed by atoms with Crippen LogP contribution in [0.4, 0.5) is 0 Å². The van der Waals surface area contributed by atoms with Gasteiger partial charge in [-0.2, -0.15) is 0 Å². The lowest BCUT2D eigenvalue weighted by Crippen LogP contribution is -2.61. The predicted octanol–water partition coefficient (Wildman–Crippen LogP) is 7.27. The van der Waals surface area contributed by atoms with Crippen molar-refractivity contribution in [2.24, 2.45) is 28.6 Å². The van der Waals surface area contributed by atoms with E-state index in [1.807, 2.05) is 0 Å². The maximum absolute atomic E-state index is 12.9. The summed E-state index contributed by atoms with van der Waals surface area (Å²) in [6, 6.07) is 6.63. The normalized spacial score (nSPS) is 40.5. The molecule has 1 aromatic rings. The highest BCUT2D eigenvalue weighted by Gasteiger charge is 2.67. The van der Waals surface area contributed by atoms with Gasteiger partial charge in [0.1, 0.15) is 13.2 Å². The fourth-order valence-electron chi connectivity index (χ4n) is 11.4. The van der Waals surface area contributed by atoms with Crippen molar-refractivity contribution in [3.63, 3.8) is 0 Å². The molecule has 6 aliphatic rings. The molecule has 2 heterocycles. The molecule has 4 aliphatic carbocycles. The van der Waals surface area contributed by atoms with Crippen molar-refractivity contribution in [2.75, 3.05) is 52.5 Å². The van der Waals surface area contributed by atoms with Gasteiger partial charge in [0.05, 0.1) is 5.60 Å². The summed E-state index contributed by atoms with van der Waals surface area (Å²) in [5.41, 5.74) is 1.03. The van der Waals surface area contributed by atoms with Crippen molar-refractivity contribution in [2.45, 2.75) is 115 Å². The fraction of sp³-hybridized carbons (Fsp3) is 0.838. The van der Waals surface area contributed by atoms with Crippen LogP contribution in [0, 0.1) is 28.6 Å². The molecule has 0 bridgehead atoms. The molecule has 7 atom stereocenters. The van der Waals surface area contributed by atoms with E-state index in [0.29, 0.717) is 36.4 Å². The largest absolute Gasteiger partial charge is 0.488 e. The van der Waals surface area contributed by atoms with Crippen LogP contribution in [0.1, 0.15) is 115 Å². The van der Waals surface area contributed by atoms with Gasteiger partial charge in [-0.05, 0) is 138 Å². The average Bonchev–Trinajstić information content (AvgIpc) is 3.75. The molecule has 2 saturated heterocycles. The van der Waals surface area contributed by atoms with Crippen molar-refractivity contribution < 1.29 is 14.6 Å². The molecule has 0 spiro atoms. The Hall–Kier alpha value is -1.30. The second-order valence-electron chi connectivity index (χ2n) is 15.7. The van der Waals surface area contributed by atoms with Gasteiger partial charge in [-0.25, -0.2) is 0 Å². The summed E-state index contributed by atoms with van der Waals surface area (Å²) in [5.74, 6) is 4.20. The summed E-state index contributed by atoms with van der Waals surface area (Å²) in [5, 5.41) is 12.9. The van der Waals surface area contributed by atoms with Crippen LogP contribution >= 0.6 is 0 Å². The zero-order chi connectivity index (χ0) is 28.8. The number of para-hydroxylation sites is 1. The molecule has 234 valence electrons. The van der Waals surface area contributed by atoms with E-state index in [-0.39, 0.29) is 5.41 Å². The summed E-state index contributed by atoms with van der Waals surface area (Å²) in [6.07, 6.45) is 17.8. The molecule has 0 aromatic heterocycles. The zero-order valence-electron chi connectivity index (χ0n) is 26.8. The maximum atomic E-state index is 12.9. The molecule has 42 heavy (non-hydrogen) atoms. The van der Waals surface area contributed by atoms with E-state index in [1.165, 1.54) is 102 Å². The van der Waals surface area contributed by atoms with Crippen LogP contribution in [0.25, 0.3) is 0 Å². The van der Waals surface area contributed by atoms with Crippen LogP contribution in [-0.2, 0) is 0 Å². The van der Waals surface area contributed by atoms with E-state index in [1.54, 1.807) is 0 Å². The summed E-state index contributed by atoms with van der Waals surface area (Å²) < 4.78 is 13.3. The molecule has 0 radical (unpaired) electrons. The number of hydrogen-bond donors (Lipinski definition) is 1. The molecular formula is C37H58N2O3. The van der Waals surface area contributed by atoms with Gasteiger partial charge in [0, 0.05) is 24.1 Å². The average molecular weight is 579 g/mol. The molecule has 5 nitrogen and oxygen atoms in total. The molecular weight excluding hydrogens is 520 g/mol. The van der Waals surface area contributed by atoms with Gasteiger partial charge < -0.3 is 14.6 Å². The Kier molecular flexibility index (Phi) is 8.33. The number of nitrogens with zero attached hydrogens (tertiary/aromatic N) is 2. The molecule has 5 heteroatoms. The first-order valence-corrected chi connectivity index (χ1v) is 18.0. The van der Waals surface area contributed by atoms with Crippen molar-refractivity contribution in [1.29, 1.82) is 0 Å². The Labute approximate surface area is 255 Å². The second-order valence-corrected chi connectivity index (χ2v) is 15.7. The number of aliphatic hydroxyl groups is 1. The Bertz CT molecular complexity index is 1080. The Morgan fingerprint density at radius 1 is 0.738 bits per heavy atom. The highest BCUT2D eigenvalue weighted by molar-refractivity contribution is 5.50. The monoisotopic (exact) mass is 578 g/mol. The van der Waals surface area contributed by atoms with Crippen LogP contribution in [0.2, 0.25) is 0 Å². The molecule has 0 unspecified atom stereocenters. The number of hydrogen-bond acceptors (Lipinski definition) is 5. The lowest BCUT2D eigenvalue weighted by molar-refractivity contribution is -0.200. The van der Waals surface area contributed by atoms with E-state index >= 15 is 0 Å². The topological polar surface area (TPSA) is 45.2 Å². The second kappa shape index (κ2) is 11.9. The SMILES string of the molecule is C[C@]12CCCC[C@@H]1CC[C@@H]1[C@@H]2CC[C@]2(C)[C@H](c3cccc(OCCN4CCCC4)c3OCCN3CCCC3)CC[C@]12O. The number of benzene rings is 1. The van der Waals surface area contributed by atoms with E-state index in [4.69, 9.17) is 9.47 Å². The minimum atomic E-state index is -0.578. The standard InChI is InChI=1S/C37H58N2O3/c1-35-17-4-3-10-28(35)13-14-32-31(35)15-18-36(2)30(16-19-37(32,36)40)29-11-9-12-33(41-26-24-38-20-5-6-21-38)34(29)42-27-25-39-22-7-8-23-39/h9,11-12,28,30-32,40H,3-8,10,13-27H2,1-2H3/t28-,30+,31+,32-,35+,36-,37+/m1/s1. The van der Waals surface area contributed by atoms with Crippen molar-refractivity contribution in [1.82, 2.24) is 9.80 Å². The Morgan fingerprint density at radius 2 is 1.45 bits per heavy atom. The third-order valence-corrected chi connectivity index (χ3v) is 13.9. The fourth-order valence-corrected chi connectivity index (χ4v) is 11.4. The number of ether oxygens (including phenoxy) is 2. The summed E-state index contributed by atoms with van der Waals surface area (Å²) in [6.45, 7) is 13.2. The lowest BCUT2D eigenvalue weighted by atomic mass is 9.43. The van der Waals surface area contributed by atoms with Crippen LogP contribution < -0.4 is 9.47 Å².